The Bertz CT molecular complexity index is 6890. The van der Waals surface area contributed by atoms with Crippen LogP contribution in [0.25, 0.3) is 22.3 Å². The SMILES string of the molecule is Cc1cn([C@H]2C[C@H](OP(=O)(O)OC[C@H]3O[C@@H](n4cnc5c(N)ncnc54)[C@H](O)[C@@H]3OP(=O)(O)OC[C@H]3O[C@@H](n4cc(C)c(=O)[nH]c4=O)C[C@@H]3OP(=O)(O)OC[C@H]3O[C@@H](n4cnc5c(N)ncnc54)[C@H](O)[C@@H]3OP(=O)(O)OC[C@H]3O[C@@H](n4cc(C)c(=O)[nH]c4=O)C[C@@H]3O)[C@@H](COP(=O)(O)Oc3ccc(C[C@H](NC(=O)Cc4ccccc4)C(=O)N[C@@H](C)C(=O)N[C@@H](CO)C(=O)N[C@H](C(=O)O)C(C)C)cc3)O2)c(=O)[nH]c1=O. The van der Waals surface area contributed by atoms with Crippen molar-refractivity contribution < 1.29 is 166 Å². The van der Waals surface area contributed by atoms with Crippen molar-refractivity contribution in [3.8, 4) is 5.75 Å². The molecule has 4 amide bonds. The molecule has 0 aliphatic carbocycles. The van der Waals surface area contributed by atoms with Crippen LogP contribution in [0.1, 0.15) is 99.0 Å². The van der Waals surface area contributed by atoms with Gasteiger partial charge >= 0.3 is 62.2 Å². The molecule has 12 heterocycles. The molecule has 7 aromatic heterocycles. The number of aromatic amines is 3. The van der Waals surface area contributed by atoms with Gasteiger partial charge in [0, 0.05) is 61.0 Å². The molecule has 782 valence electrons. The number of aliphatic hydroxyl groups is 4. The molecule has 21 N–H and O–H groups in total. The van der Waals surface area contributed by atoms with Crippen LogP contribution < -0.4 is 71.0 Å². The van der Waals surface area contributed by atoms with Crippen LogP contribution in [0.15, 0.2) is 127 Å². The molecule has 5 fully saturated rings. The number of phosphoric ester groups is 5. The van der Waals surface area contributed by atoms with Crippen LogP contribution in [0.5, 0.6) is 5.75 Å². The summed E-state index contributed by atoms with van der Waals surface area (Å²) in [5, 5.41) is 64.2. The molecule has 9 aromatic rings. The number of imidazole rings is 2. The van der Waals surface area contributed by atoms with Gasteiger partial charge < -0.3 is 106 Å². The number of fused-ring (bicyclic) bond motifs is 2. The van der Waals surface area contributed by atoms with Crippen LogP contribution in [0.4, 0.5) is 11.6 Å². The summed E-state index contributed by atoms with van der Waals surface area (Å²) in [6, 6.07) is 7.21. The van der Waals surface area contributed by atoms with Crippen molar-refractivity contribution in [3.63, 3.8) is 0 Å². The smallest absolute Gasteiger partial charge is 0.480 e. The fraction of sp³-hybridized carbons (Fsp3) is 0.500. The number of amides is 4. The molecular formula is C78H99N20O41P5. The largest absolute Gasteiger partial charge is 0.527 e. The van der Waals surface area contributed by atoms with Crippen LogP contribution in [0, 0.1) is 26.7 Å². The summed E-state index contributed by atoms with van der Waals surface area (Å²) < 4.78 is 161. The number of aryl methyl sites for hydroxylation is 3. The molecule has 0 spiro atoms. The van der Waals surface area contributed by atoms with Crippen molar-refractivity contribution in [2.24, 2.45) is 5.92 Å². The molecule has 2 aromatic carbocycles. The van der Waals surface area contributed by atoms with Gasteiger partial charge in [-0.05, 0) is 56.9 Å². The van der Waals surface area contributed by atoms with E-state index in [1.807, 2.05) is 4.98 Å². The Morgan fingerprint density at radius 2 is 0.889 bits per heavy atom. The molecule has 5 unspecified atom stereocenters. The first-order valence-corrected chi connectivity index (χ1v) is 51.0. The third kappa shape index (κ3) is 26.1. The molecule has 0 bridgehead atoms. The number of carboxylic acid groups (broad SMARTS) is 1. The molecule has 0 saturated carbocycles. The van der Waals surface area contributed by atoms with E-state index in [0.717, 1.165) is 78.9 Å². The average Bonchev–Trinajstić information content (AvgIpc) is 1.61. The number of aromatic nitrogens is 14. The number of nitrogens with two attached hydrogens (primary N) is 2. The van der Waals surface area contributed by atoms with E-state index in [1.165, 1.54) is 53.7 Å². The van der Waals surface area contributed by atoms with E-state index in [4.69, 9.17) is 80.4 Å². The Labute approximate surface area is 807 Å². The molecule has 5 aliphatic heterocycles. The van der Waals surface area contributed by atoms with E-state index in [9.17, 15) is 126 Å². The van der Waals surface area contributed by atoms with Gasteiger partial charge in [0.2, 0.25) is 23.6 Å². The summed E-state index contributed by atoms with van der Waals surface area (Å²) in [7, 11) is -28.4. The van der Waals surface area contributed by atoms with E-state index in [-0.39, 0.29) is 81.2 Å². The fourth-order valence-corrected chi connectivity index (χ4v) is 20.4. The number of nitrogens with zero attached hydrogens (tertiary/aromatic N) is 11. The number of H-pyrrole nitrogens is 3. The number of carbonyl (C=O) groups excluding carboxylic acids is 4. The first kappa shape index (κ1) is 108. The second kappa shape index (κ2) is 44.9. The maximum absolute atomic E-state index is 14.6. The summed E-state index contributed by atoms with van der Waals surface area (Å²) in [6.07, 6.45) is -26.1. The van der Waals surface area contributed by atoms with Crippen molar-refractivity contribution in [1.82, 2.24) is 89.0 Å². The average molecular weight is 2130 g/mol. The van der Waals surface area contributed by atoms with E-state index in [1.54, 1.807) is 30.3 Å². The Hall–Kier alpha value is -11.4. The minimum absolute atomic E-state index is 0.0349. The zero-order chi connectivity index (χ0) is 104. The first-order chi connectivity index (χ1) is 67.9. The van der Waals surface area contributed by atoms with Crippen molar-refractivity contribution in [2.45, 2.75) is 202 Å². The number of ether oxygens (including phenoxy) is 5. The first-order valence-electron chi connectivity index (χ1n) is 43.5. The van der Waals surface area contributed by atoms with Gasteiger partial charge in [0.15, 0.2) is 35.4 Å². The summed E-state index contributed by atoms with van der Waals surface area (Å²) >= 11 is 0. The second-order valence-corrected chi connectivity index (χ2v) is 40.9. The van der Waals surface area contributed by atoms with Gasteiger partial charge in [-0.3, -0.25) is 117 Å². The van der Waals surface area contributed by atoms with Crippen LogP contribution in [-0.4, -0.2) is 284 Å². The molecular weight excluding hydrogens is 2030 g/mol. The maximum Gasteiger partial charge on any atom is 0.527 e. The van der Waals surface area contributed by atoms with Crippen molar-refractivity contribution in [2.75, 3.05) is 51.1 Å². The van der Waals surface area contributed by atoms with E-state index in [2.05, 4.69) is 61.1 Å². The third-order valence-corrected chi connectivity index (χ3v) is 28.1. The van der Waals surface area contributed by atoms with Crippen molar-refractivity contribution in [1.29, 1.82) is 0 Å². The molecule has 144 heavy (non-hydrogen) atoms. The van der Waals surface area contributed by atoms with Crippen LogP contribution in [-0.2, 0) is 124 Å². The highest BCUT2D eigenvalue weighted by Crippen LogP contribution is 2.56. The van der Waals surface area contributed by atoms with E-state index >= 15 is 0 Å². The van der Waals surface area contributed by atoms with E-state index in [0.29, 0.717) is 5.56 Å². The second-order valence-electron chi connectivity index (χ2n) is 33.9. The molecule has 66 heteroatoms. The number of hydrogen-bond acceptors (Lipinski definition) is 43. The maximum atomic E-state index is 14.6. The highest BCUT2D eigenvalue weighted by atomic mass is 31.2. The Morgan fingerprint density at radius 1 is 0.479 bits per heavy atom. The summed E-state index contributed by atoms with van der Waals surface area (Å²) in [5.41, 5.74) is 6.91. The summed E-state index contributed by atoms with van der Waals surface area (Å²) in [6.45, 7) is 1.35. The van der Waals surface area contributed by atoms with Crippen molar-refractivity contribution in [3.05, 3.63) is 189 Å². The number of aliphatic carboxylic acids is 1. The van der Waals surface area contributed by atoms with Gasteiger partial charge in [-0.15, -0.1) is 0 Å². The number of nitrogens with one attached hydrogen (secondary N) is 7. The molecule has 5 saturated heterocycles. The molecule has 14 rings (SSSR count). The molecule has 5 aliphatic rings. The van der Waals surface area contributed by atoms with Gasteiger partial charge in [0.1, 0.15) is 139 Å². The zero-order valence-electron chi connectivity index (χ0n) is 76.2. The number of rotatable bonds is 44. The lowest BCUT2D eigenvalue weighted by Gasteiger charge is -2.26. The number of benzene rings is 2. The van der Waals surface area contributed by atoms with Gasteiger partial charge in [-0.1, -0.05) is 56.3 Å². The quantitative estimate of drug-likeness (QED) is 0.0168. The number of aliphatic hydroxyl groups excluding tert-OH is 4. The number of anilines is 2. The normalized spacial score (nSPS) is 26.3. The van der Waals surface area contributed by atoms with Crippen LogP contribution in [0.3, 0.4) is 0 Å². The zero-order valence-corrected chi connectivity index (χ0v) is 80.6. The van der Waals surface area contributed by atoms with Crippen LogP contribution >= 0.6 is 39.1 Å². The number of carbonyl (C=O) groups is 5. The number of nitrogen functional groups attached to an aromatic ring is 2. The number of carboxylic acids is 1. The monoisotopic (exact) mass is 2130 g/mol. The van der Waals surface area contributed by atoms with Crippen molar-refractivity contribution >= 4 is 103 Å². The predicted octanol–water partition coefficient (Wildman–Crippen LogP) is -3.17. The number of hydrogen-bond donors (Lipinski definition) is 19. The molecule has 0 radical (unpaired) electrons. The van der Waals surface area contributed by atoms with Gasteiger partial charge in [0.25, 0.3) is 16.7 Å². The minimum Gasteiger partial charge on any atom is -0.480 e. The highest BCUT2D eigenvalue weighted by molar-refractivity contribution is 7.48. The minimum atomic E-state index is -5.90. The highest BCUT2D eigenvalue weighted by Gasteiger charge is 2.55. The third-order valence-electron chi connectivity index (χ3n) is 23.2. The van der Waals surface area contributed by atoms with Gasteiger partial charge in [-0.2, -0.15) is 0 Å². The van der Waals surface area contributed by atoms with Gasteiger partial charge in [0.05, 0.1) is 64.8 Å². The summed E-state index contributed by atoms with van der Waals surface area (Å²) in [4.78, 5) is 231. The Balaban J connectivity index is 0.656. The predicted molar refractivity (Wildman–Crippen MR) is 481 cm³/mol. The lowest BCUT2D eigenvalue weighted by atomic mass is 10.0. The topological polar surface area (TPSA) is 863 Å². The standard InChI is InChI=1S/C78H99N20O41P5/c1-34(2)56(75(110)111)90-72(109)43(24-99)89-70(107)38(6)87-71(108)42(88-52(101)17-39-10-8-7-9-11-39)16-40-12-14-41(15-13-40)135-140(115,116)126-26-48-45(19-54(131-48)95-22-36(4)68(105)92-77(95)113)136-141(117,118)129-29-51-62(60(103)74(134-51)98-33-86-58-64(80)82-31-84-66(58)98)139-144(123,124)127-27-49-46(20-55(132-49)96-23-37(5)69(106)93-78(96)114)137-142(119,120)128-28-50-61(59(102)73(133-50)97-32-85-57-63(79)81-30-83-65(57)97)138-143(121,122)125-25-47-44(100)18-53(130-47)94-21-35(3)67(104)91-76(94)112/h7-15,21-23,30-34,38,42-51,53-56,59-62,73-74,99-100,102-103H,16-20,24-29H2,1-6H3,(H,87,108)(H,88,101)(H,89,107)(H,90,109)(H,110,111)(H,115,116)(H,117,118)(H,119,120)(H,121,122)(H,123,124)(H2,79,81,83)(H2,80,82,84)(H,91,104,112)(H,92,105,113)(H,93,106,114)/t38-,42-,43-,44-,45-,46-,47+,48+,49+,50+,51+,53+,54+,55+,56-,59+,60+,61+,62+,73+,74+/m0/s1. The van der Waals surface area contributed by atoms with Crippen LogP contribution in [0.2, 0.25) is 0 Å². The lowest BCUT2D eigenvalue weighted by molar-refractivity contribution is -0.143. The Kier molecular flexibility index (Phi) is 33.7. The Morgan fingerprint density at radius 3 is 1.33 bits per heavy atom. The number of phosphoric acid groups is 5. The fourth-order valence-electron chi connectivity index (χ4n) is 15.8. The molecule has 26 atom stereocenters. The van der Waals surface area contributed by atoms with Gasteiger partial charge in [-0.25, -0.2) is 71.9 Å². The molecule has 61 nitrogen and oxygen atoms in total. The lowest BCUT2D eigenvalue weighted by Crippen LogP contribution is -2.58. The summed E-state index contributed by atoms with van der Waals surface area (Å²) in [5.74, 6) is -6.39. The van der Waals surface area contributed by atoms with E-state index < -0.39 is 289 Å².